The van der Waals surface area contributed by atoms with Gasteiger partial charge in [-0.25, -0.2) is 4.79 Å². The van der Waals surface area contributed by atoms with Crippen LogP contribution < -0.4 is 0 Å². The van der Waals surface area contributed by atoms with Gasteiger partial charge < -0.3 is 9.84 Å². The lowest BCUT2D eigenvalue weighted by atomic mass is 9.91. The molecule has 3 nitrogen and oxygen atoms in total. The number of esters is 1. The smallest absolute Gasteiger partial charge is 0.379 e. The standard InChI is InChI=1S/C13H16F2O3/c1-3-18-12(17)13(14,15)11(16)9(2)10-7-5-4-6-8-10/h4-9,11,16H,3H2,1-2H3. The van der Waals surface area contributed by atoms with E-state index in [-0.39, 0.29) is 6.61 Å². The van der Waals surface area contributed by atoms with Crippen LogP contribution in [-0.2, 0) is 9.53 Å². The predicted octanol–water partition coefficient (Wildman–Crippen LogP) is 2.35. The number of aliphatic hydroxyl groups excluding tert-OH is 1. The molecule has 0 fully saturated rings. The Morgan fingerprint density at radius 2 is 1.94 bits per heavy atom. The number of rotatable bonds is 5. The summed E-state index contributed by atoms with van der Waals surface area (Å²) in [7, 11) is 0. The number of alkyl halides is 2. The van der Waals surface area contributed by atoms with Crippen molar-refractivity contribution in [3.8, 4) is 0 Å². The number of carbonyl (C=O) groups is 1. The summed E-state index contributed by atoms with van der Waals surface area (Å²) < 4.78 is 31.5. The van der Waals surface area contributed by atoms with Crippen molar-refractivity contribution < 1.29 is 23.4 Å². The molecule has 0 aliphatic carbocycles. The van der Waals surface area contributed by atoms with Gasteiger partial charge in [-0.2, -0.15) is 8.78 Å². The number of hydrogen-bond acceptors (Lipinski definition) is 3. The van der Waals surface area contributed by atoms with Crippen LogP contribution in [0.5, 0.6) is 0 Å². The zero-order valence-corrected chi connectivity index (χ0v) is 10.3. The number of aliphatic hydroxyl groups is 1. The summed E-state index contributed by atoms with van der Waals surface area (Å²) in [4.78, 5) is 11.1. The number of halogens is 2. The molecule has 2 atom stereocenters. The quantitative estimate of drug-likeness (QED) is 0.825. The Bertz CT molecular complexity index is 392. The van der Waals surface area contributed by atoms with Gasteiger partial charge in [0.1, 0.15) is 6.10 Å². The second-order valence-electron chi connectivity index (χ2n) is 3.99. The summed E-state index contributed by atoms with van der Waals surface area (Å²) in [6.45, 7) is 2.72. The third kappa shape index (κ3) is 3.04. The molecule has 0 bridgehead atoms. The summed E-state index contributed by atoms with van der Waals surface area (Å²) in [5, 5.41) is 9.65. The second kappa shape index (κ2) is 5.91. The van der Waals surface area contributed by atoms with Crippen molar-refractivity contribution in [3.63, 3.8) is 0 Å². The molecule has 1 N–H and O–H groups in total. The SMILES string of the molecule is CCOC(=O)C(F)(F)C(O)C(C)c1ccccc1. The Kier molecular flexibility index (Phi) is 4.78. The van der Waals surface area contributed by atoms with E-state index in [1.165, 1.54) is 13.8 Å². The molecule has 100 valence electrons. The molecule has 0 saturated heterocycles. The van der Waals surface area contributed by atoms with Crippen molar-refractivity contribution in [2.45, 2.75) is 31.8 Å². The highest BCUT2D eigenvalue weighted by Gasteiger charge is 2.50. The van der Waals surface area contributed by atoms with E-state index in [4.69, 9.17) is 0 Å². The van der Waals surface area contributed by atoms with Gasteiger partial charge in [0.15, 0.2) is 0 Å². The fourth-order valence-electron chi connectivity index (χ4n) is 1.60. The van der Waals surface area contributed by atoms with Crippen LogP contribution in [0.25, 0.3) is 0 Å². The lowest BCUT2D eigenvalue weighted by Crippen LogP contribution is -2.45. The summed E-state index contributed by atoms with van der Waals surface area (Å²) in [6.07, 6.45) is -2.11. The van der Waals surface area contributed by atoms with E-state index in [1.54, 1.807) is 30.3 Å². The Balaban J connectivity index is 2.86. The topological polar surface area (TPSA) is 46.5 Å². The van der Waals surface area contributed by atoms with Gasteiger partial charge in [0.05, 0.1) is 6.61 Å². The minimum atomic E-state index is -3.91. The first-order chi connectivity index (χ1) is 8.41. The minimum Gasteiger partial charge on any atom is -0.461 e. The van der Waals surface area contributed by atoms with Crippen molar-refractivity contribution in [1.82, 2.24) is 0 Å². The summed E-state index contributed by atoms with van der Waals surface area (Å²) in [5.74, 6) is -6.48. The Morgan fingerprint density at radius 1 is 1.39 bits per heavy atom. The Morgan fingerprint density at radius 3 is 2.44 bits per heavy atom. The van der Waals surface area contributed by atoms with E-state index in [0.29, 0.717) is 5.56 Å². The van der Waals surface area contributed by atoms with Crippen LogP contribution in [0.15, 0.2) is 30.3 Å². The summed E-state index contributed by atoms with van der Waals surface area (Å²) >= 11 is 0. The highest BCUT2D eigenvalue weighted by atomic mass is 19.3. The molecule has 0 spiro atoms. The molecule has 0 radical (unpaired) electrons. The molecule has 0 saturated carbocycles. The van der Waals surface area contributed by atoms with Crippen molar-refractivity contribution in [2.24, 2.45) is 0 Å². The molecule has 0 heterocycles. The van der Waals surface area contributed by atoms with Crippen molar-refractivity contribution in [1.29, 1.82) is 0 Å². The largest absolute Gasteiger partial charge is 0.461 e. The van der Waals surface area contributed by atoms with Gasteiger partial charge in [-0.15, -0.1) is 0 Å². The van der Waals surface area contributed by atoms with Crippen LogP contribution >= 0.6 is 0 Å². The van der Waals surface area contributed by atoms with E-state index < -0.39 is 23.9 Å². The van der Waals surface area contributed by atoms with Gasteiger partial charge in [-0.1, -0.05) is 37.3 Å². The van der Waals surface area contributed by atoms with Gasteiger partial charge in [0, 0.05) is 5.92 Å². The molecule has 5 heteroatoms. The van der Waals surface area contributed by atoms with E-state index >= 15 is 0 Å². The zero-order valence-electron chi connectivity index (χ0n) is 10.3. The predicted molar refractivity (Wildman–Crippen MR) is 62.4 cm³/mol. The first kappa shape index (κ1) is 14.6. The van der Waals surface area contributed by atoms with Gasteiger partial charge in [0.25, 0.3) is 0 Å². The highest BCUT2D eigenvalue weighted by Crippen LogP contribution is 2.31. The summed E-state index contributed by atoms with van der Waals surface area (Å²) in [6, 6.07) is 8.35. The minimum absolute atomic E-state index is 0.152. The van der Waals surface area contributed by atoms with Crippen molar-refractivity contribution in [3.05, 3.63) is 35.9 Å². The van der Waals surface area contributed by atoms with E-state index in [1.807, 2.05) is 0 Å². The number of carbonyl (C=O) groups excluding carboxylic acids is 1. The molecule has 0 aromatic heterocycles. The molecular weight excluding hydrogens is 242 g/mol. The fourth-order valence-corrected chi connectivity index (χ4v) is 1.60. The monoisotopic (exact) mass is 258 g/mol. The van der Waals surface area contributed by atoms with Crippen LogP contribution in [0.2, 0.25) is 0 Å². The third-order valence-electron chi connectivity index (χ3n) is 2.72. The number of hydrogen-bond donors (Lipinski definition) is 1. The molecule has 1 aromatic carbocycles. The van der Waals surface area contributed by atoms with E-state index in [2.05, 4.69) is 4.74 Å². The lowest BCUT2D eigenvalue weighted by Gasteiger charge is -2.25. The maximum absolute atomic E-state index is 13.6. The first-order valence-corrected chi connectivity index (χ1v) is 5.69. The molecule has 0 aliphatic heterocycles. The maximum Gasteiger partial charge on any atom is 0.379 e. The molecule has 18 heavy (non-hydrogen) atoms. The van der Waals surface area contributed by atoms with Crippen LogP contribution in [0.3, 0.4) is 0 Å². The van der Waals surface area contributed by atoms with Gasteiger partial charge in [-0.05, 0) is 12.5 Å². The normalized spacial score (nSPS) is 14.9. The highest BCUT2D eigenvalue weighted by molar-refractivity contribution is 5.78. The molecule has 0 amide bonds. The van der Waals surface area contributed by atoms with Crippen molar-refractivity contribution >= 4 is 5.97 Å². The van der Waals surface area contributed by atoms with Gasteiger partial charge >= 0.3 is 11.9 Å². The average Bonchev–Trinajstić information content (AvgIpc) is 2.38. The van der Waals surface area contributed by atoms with Crippen LogP contribution in [0.1, 0.15) is 25.3 Å². The number of ether oxygens (including phenoxy) is 1. The Hall–Kier alpha value is -1.49. The average molecular weight is 258 g/mol. The van der Waals surface area contributed by atoms with Crippen LogP contribution in [-0.4, -0.2) is 29.7 Å². The lowest BCUT2D eigenvalue weighted by molar-refractivity contribution is -0.190. The first-order valence-electron chi connectivity index (χ1n) is 5.69. The molecule has 2 unspecified atom stereocenters. The molecule has 1 rings (SSSR count). The molecule has 1 aromatic rings. The Labute approximate surface area is 104 Å². The van der Waals surface area contributed by atoms with E-state index in [0.717, 1.165) is 0 Å². The third-order valence-corrected chi connectivity index (χ3v) is 2.72. The van der Waals surface area contributed by atoms with Gasteiger partial charge in [0.2, 0.25) is 0 Å². The number of benzene rings is 1. The fraction of sp³-hybridized carbons (Fsp3) is 0.462. The molecule has 0 aliphatic rings. The molecular formula is C13H16F2O3. The van der Waals surface area contributed by atoms with Crippen LogP contribution in [0.4, 0.5) is 8.78 Å². The zero-order chi connectivity index (χ0) is 13.8. The van der Waals surface area contributed by atoms with Crippen molar-refractivity contribution in [2.75, 3.05) is 6.61 Å². The summed E-state index contributed by atoms with van der Waals surface area (Å²) in [5.41, 5.74) is 0.536. The van der Waals surface area contributed by atoms with E-state index in [9.17, 15) is 18.7 Å². The van der Waals surface area contributed by atoms with Crippen LogP contribution in [0, 0.1) is 0 Å². The van der Waals surface area contributed by atoms with Gasteiger partial charge in [-0.3, -0.25) is 0 Å². The second-order valence-corrected chi connectivity index (χ2v) is 3.99. The maximum atomic E-state index is 13.6.